The summed E-state index contributed by atoms with van der Waals surface area (Å²) in [5.74, 6) is 0. The molecule has 0 aromatic carbocycles. The first-order valence-electron chi connectivity index (χ1n) is 6.42. The minimum Gasteiger partial charge on any atom is -0.330 e. The molecule has 0 spiro atoms. The Morgan fingerprint density at radius 1 is 1.25 bits per heavy atom. The van der Waals surface area contributed by atoms with Crippen molar-refractivity contribution in [3.05, 3.63) is 34.1 Å². The van der Waals surface area contributed by atoms with E-state index in [1.165, 1.54) is 0 Å². The van der Waals surface area contributed by atoms with Crippen LogP contribution in [0.2, 0.25) is 0 Å². The van der Waals surface area contributed by atoms with Crippen molar-refractivity contribution in [1.82, 2.24) is 9.97 Å². The molecule has 0 saturated carbocycles. The number of nitrogens with zero attached hydrogens (tertiary/aromatic N) is 3. The van der Waals surface area contributed by atoms with E-state index < -0.39 is 0 Å². The summed E-state index contributed by atoms with van der Waals surface area (Å²) in [6.45, 7) is 10.2. The summed E-state index contributed by atoms with van der Waals surface area (Å²) < 4.78 is 0. The van der Waals surface area contributed by atoms with Crippen LogP contribution in [0.15, 0.2) is 11.4 Å². The highest BCUT2D eigenvalue weighted by molar-refractivity contribution is 7.13. The second kappa shape index (κ2) is 5.22. The standard InChI is InChI=1S/C15H18N4S/c1-9-6-12(11(7-16)10(2)17-9)18-14-19-13(8-20-14)15(3,4)5/h6,8H,1-5H3,(H,17,18,19). The maximum absolute atomic E-state index is 9.26. The van der Waals surface area contributed by atoms with E-state index in [-0.39, 0.29) is 5.41 Å². The molecule has 0 aliphatic rings. The minimum absolute atomic E-state index is 0.0264. The summed E-state index contributed by atoms with van der Waals surface area (Å²) in [5.41, 5.74) is 4.04. The number of nitriles is 1. The van der Waals surface area contributed by atoms with Crippen molar-refractivity contribution in [1.29, 1.82) is 5.26 Å². The average Bonchev–Trinajstić information content (AvgIpc) is 2.76. The van der Waals surface area contributed by atoms with Crippen molar-refractivity contribution < 1.29 is 0 Å². The number of rotatable bonds is 2. The van der Waals surface area contributed by atoms with E-state index in [2.05, 4.69) is 47.5 Å². The molecule has 2 aromatic heterocycles. The van der Waals surface area contributed by atoms with Gasteiger partial charge in [-0.1, -0.05) is 20.8 Å². The van der Waals surface area contributed by atoms with E-state index >= 15 is 0 Å². The topological polar surface area (TPSA) is 61.6 Å². The average molecular weight is 286 g/mol. The van der Waals surface area contributed by atoms with Crippen LogP contribution >= 0.6 is 11.3 Å². The van der Waals surface area contributed by atoms with Crippen molar-refractivity contribution in [3.63, 3.8) is 0 Å². The van der Waals surface area contributed by atoms with E-state index in [0.717, 1.165) is 27.9 Å². The zero-order chi connectivity index (χ0) is 14.9. The first-order valence-corrected chi connectivity index (χ1v) is 7.30. The fraction of sp³-hybridized carbons (Fsp3) is 0.400. The lowest BCUT2D eigenvalue weighted by atomic mass is 9.93. The summed E-state index contributed by atoms with van der Waals surface area (Å²) in [6, 6.07) is 4.08. The van der Waals surface area contributed by atoms with Crippen molar-refractivity contribution in [3.8, 4) is 6.07 Å². The predicted molar refractivity (Wildman–Crippen MR) is 82.5 cm³/mol. The Hall–Kier alpha value is -1.93. The summed E-state index contributed by atoms with van der Waals surface area (Å²) in [4.78, 5) is 8.90. The Labute approximate surface area is 123 Å². The third kappa shape index (κ3) is 2.97. The van der Waals surface area contributed by atoms with Crippen molar-refractivity contribution in [2.24, 2.45) is 0 Å². The molecule has 20 heavy (non-hydrogen) atoms. The van der Waals surface area contributed by atoms with Crippen molar-refractivity contribution in [2.45, 2.75) is 40.0 Å². The van der Waals surface area contributed by atoms with E-state index in [4.69, 9.17) is 0 Å². The third-order valence-corrected chi connectivity index (χ3v) is 3.71. The molecule has 0 atom stereocenters. The lowest BCUT2D eigenvalue weighted by Crippen LogP contribution is -2.11. The van der Waals surface area contributed by atoms with Gasteiger partial charge in [0.15, 0.2) is 5.13 Å². The molecular weight excluding hydrogens is 268 g/mol. The Bertz CT molecular complexity index is 674. The Morgan fingerprint density at radius 3 is 2.50 bits per heavy atom. The fourth-order valence-electron chi connectivity index (χ4n) is 1.86. The first-order chi connectivity index (χ1) is 9.31. The number of pyridine rings is 1. The highest BCUT2D eigenvalue weighted by Crippen LogP contribution is 2.29. The van der Waals surface area contributed by atoms with Crippen LogP contribution in [0.4, 0.5) is 10.8 Å². The maximum Gasteiger partial charge on any atom is 0.187 e. The number of aryl methyl sites for hydroxylation is 2. The van der Waals surface area contributed by atoms with Gasteiger partial charge in [0.1, 0.15) is 6.07 Å². The molecule has 5 heteroatoms. The molecule has 4 nitrogen and oxygen atoms in total. The zero-order valence-electron chi connectivity index (χ0n) is 12.4. The van der Waals surface area contributed by atoms with Crippen molar-refractivity contribution >= 4 is 22.2 Å². The van der Waals surface area contributed by atoms with E-state index in [1.54, 1.807) is 11.3 Å². The lowest BCUT2D eigenvalue weighted by Gasteiger charge is -2.14. The van der Waals surface area contributed by atoms with Gasteiger partial charge in [-0.2, -0.15) is 5.26 Å². The van der Waals surface area contributed by atoms with Crippen LogP contribution in [0.5, 0.6) is 0 Å². The van der Waals surface area contributed by atoms with Gasteiger partial charge in [0.05, 0.1) is 22.6 Å². The minimum atomic E-state index is 0.0264. The molecule has 0 aliphatic heterocycles. The molecule has 0 aliphatic carbocycles. The quantitative estimate of drug-likeness (QED) is 0.904. The Balaban J connectivity index is 2.36. The molecule has 104 valence electrons. The van der Waals surface area contributed by atoms with Gasteiger partial charge < -0.3 is 5.32 Å². The monoisotopic (exact) mass is 286 g/mol. The Kier molecular flexibility index (Phi) is 3.78. The molecule has 0 unspecified atom stereocenters. The van der Waals surface area contributed by atoms with Crippen molar-refractivity contribution in [2.75, 3.05) is 5.32 Å². The number of hydrogen-bond acceptors (Lipinski definition) is 5. The second-order valence-electron chi connectivity index (χ2n) is 5.80. The predicted octanol–water partition coefficient (Wildman–Crippen LogP) is 4.07. The van der Waals surface area contributed by atoms with Crippen LogP contribution < -0.4 is 5.32 Å². The third-order valence-electron chi connectivity index (χ3n) is 2.95. The molecule has 2 heterocycles. The smallest absolute Gasteiger partial charge is 0.187 e. The number of nitrogens with one attached hydrogen (secondary N) is 1. The number of thiazole rings is 1. The number of hydrogen-bond donors (Lipinski definition) is 1. The van der Waals surface area contributed by atoms with Crippen LogP contribution in [0.1, 0.15) is 43.4 Å². The second-order valence-corrected chi connectivity index (χ2v) is 6.65. The van der Waals surface area contributed by atoms with E-state index in [9.17, 15) is 5.26 Å². The Morgan fingerprint density at radius 2 is 1.95 bits per heavy atom. The van der Waals surface area contributed by atoms with Gasteiger partial charge in [0, 0.05) is 16.5 Å². The van der Waals surface area contributed by atoms with E-state index in [1.807, 2.05) is 19.9 Å². The highest BCUT2D eigenvalue weighted by atomic mass is 32.1. The van der Waals surface area contributed by atoms with Crippen LogP contribution in [0.25, 0.3) is 0 Å². The van der Waals surface area contributed by atoms with Crippen LogP contribution in [-0.2, 0) is 5.41 Å². The molecular formula is C15H18N4S. The molecule has 2 aromatic rings. The van der Waals surface area contributed by atoms with Gasteiger partial charge in [-0.3, -0.25) is 4.98 Å². The van der Waals surface area contributed by atoms with Gasteiger partial charge in [-0.05, 0) is 19.9 Å². The molecule has 0 saturated heterocycles. The molecule has 1 N–H and O–H groups in total. The highest BCUT2D eigenvalue weighted by Gasteiger charge is 2.18. The summed E-state index contributed by atoms with van der Waals surface area (Å²) in [7, 11) is 0. The SMILES string of the molecule is Cc1cc(Nc2nc(C(C)(C)C)cs2)c(C#N)c(C)n1. The fourth-order valence-corrected chi connectivity index (χ4v) is 2.81. The van der Waals surface area contributed by atoms with Gasteiger partial charge in [-0.15, -0.1) is 11.3 Å². The van der Waals surface area contributed by atoms with Gasteiger partial charge in [-0.25, -0.2) is 4.98 Å². The van der Waals surface area contributed by atoms with Crippen LogP contribution in [-0.4, -0.2) is 9.97 Å². The molecule has 0 fully saturated rings. The number of aromatic nitrogens is 2. The lowest BCUT2D eigenvalue weighted by molar-refractivity contribution is 0.573. The summed E-state index contributed by atoms with van der Waals surface area (Å²) >= 11 is 1.55. The summed E-state index contributed by atoms with van der Waals surface area (Å²) in [5, 5.41) is 15.4. The van der Waals surface area contributed by atoms with Gasteiger partial charge >= 0.3 is 0 Å². The van der Waals surface area contributed by atoms with E-state index in [0.29, 0.717) is 5.56 Å². The molecule has 0 amide bonds. The zero-order valence-corrected chi connectivity index (χ0v) is 13.2. The van der Waals surface area contributed by atoms with Gasteiger partial charge in [0.2, 0.25) is 0 Å². The normalized spacial score (nSPS) is 11.2. The first kappa shape index (κ1) is 14.5. The van der Waals surface area contributed by atoms with Crippen LogP contribution in [0.3, 0.4) is 0 Å². The number of anilines is 2. The molecule has 0 bridgehead atoms. The summed E-state index contributed by atoms with van der Waals surface area (Å²) in [6.07, 6.45) is 0. The van der Waals surface area contributed by atoms with Gasteiger partial charge in [0.25, 0.3) is 0 Å². The van der Waals surface area contributed by atoms with Crippen LogP contribution in [0, 0.1) is 25.2 Å². The largest absolute Gasteiger partial charge is 0.330 e. The molecule has 0 radical (unpaired) electrons. The molecule has 2 rings (SSSR count). The maximum atomic E-state index is 9.26.